The number of hydrogen-bond acceptors (Lipinski definition) is 8. The van der Waals surface area contributed by atoms with Crippen LogP contribution in [0.3, 0.4) is 0 Å². The van der Waals surface area contributed by atoms with Gasteiger partial charge in [-0.2, -0.15) is 5.10 Å². The van der Waals surface area contributed by atoms with Crippen LogP contribution < -0.4 is 15.5 Å². The Balaban J connectivity index is 1.17. The van der Waals surface area contributed by atoms with E-state index in [4.69, 9.17) is 4.74 Å². The maximum atomic E-state index is 5.25. The summed E-state index contributed by atoms with van der Waals surface area (Å²) in [6, 6.07) is 2.47. The van der Waals surface area contributed by atoms with Gasteiger partial charge in [0.05, 0.1) is 31.8 Å². The summed E-state index contributed by atoms with van der Waals surface area (Å²) >= 11 is 0. The van der Waals surface area contributed by atoms with Crippen LogP contribution in [-0.2, 0) is 6.54 Å². The topological polar surface area (TPSA) is 92.5 Å². The zero-order valence-corrected chi connectivity index (χ0v) is 19.6. The monoisotopic (exact) mass is 450 g/mol. The Hall–Kier alpha value is -2.78. The number of pyridine rings is 1. The Morgan fingerprint density at radius 1 is 1.24 bits per heavy atom. The van der Waals surface area contributed by atoms with E-state index >= 15 is 0 Å². The third-order valence-electron chi connectivity index (χ3n) is 7.13. The second-order valence-electron chi connectivity index (χ2n) is 9.60. The van der Waals surface area contributed by atoms with E-state index in [2.05, 4.69) is 55.1 Å². The summed E-state index contributed by atoms with van der Waals surface area (Å²) in [5.41, 5.74) is 5.70. The van der Waals surface area contributed by atoms with Crippen molar-refractivity contribution in [2.75, 3.05) is 26.7 Å². The van der Waals surface area contributed by atoms with Crippen molar-refractivity contribution >= 4 is 5.71 Å². The van der Waals surface area contributed by atoms with Crippen molar-refractivity contribution in [2.45, 2.75) is 57.3 Å². The van der Waals surface area contributed by atoms with Gasteiger partial charge in [0.15, 0.2) is 0 Å². The number of hydrazone groups is 1. The number of nitrogens with one attached hydrogen (secondary N) is 2. The van der Waals surface area contributed by atoms with E-state index < -0.39 is 0 Å². The average molecular weight is 451 g/mol. The predicted molar refractivity (Wildman–Crippen MR) is 128 cm³/mol. The molecule has 0 aromatic carbocycles. The zero-order valence-electron chi connectivity index (χ0n) is 19.6. The maximum Gasteiger partial charge on any atom is 0.137 e. The van der Waals surface area contributed by atoms with Gasteiger partial charge in [0.2, 0.25) is 0 Å². The molecule has 3 aliphatic rings. The van der Waals surface area contributed by atoms with Gasteiger partial charge >= 0.3 is 0 Å². The molecule has 2 fully saturated rings. The van der Waals surface area contributed by atoms with Crippen molar-refractivity contribution in [3.63, 3.8) is 0 Å². The van der Waals surface area contributed by atoms with Gasteiger partial charge in [-0.3, -0.25) is 15.3 Å². The second-order valence-corrected chi connectivity index (χ2v) is 9.60. The van der Waals surface area contributed by atoms with Gasteiger partial charge in [0, 0.05) is 30.9 Å². The zero-order chi connectivity index (χ0) is 22.7. The second kappa shape index (κ2) is 9.61. The Kier molecular flexibility index (Phi) is 6.41. The first-order valence-corrected chi connectivity index (χ1v) is 12.0. The minimum absolute atomic E-state index is 0.264. The van der Waals surface area contributed by atoms with E-state index in [1.807, 2.05) is 12.3 Å². The van der Waals surface area contributed by atoms with Crippen molar-refractivity contribution in [1.82, 2.24) is 35.6 Å². The van der Waals surface area contributed by atoms with Gasteiger partial charge in [-0.05, 0) is 63.3 Å². The van der Waals surface area contributed by atoms with Crippen LogP contribution in [-0.4, -0.2) is 69.0 Å². The minimum atomic E-state index is -0.264. The van der Waals surface area contributed by atoms with Gasteiger partial charge in [-0.25, -0.2) is 4.68 Å². The van der Waals surface area contributed by atoms with Crippen molar-refractivity contribution in [3.05, 3.63) is 36.8 Å². The summed E-state index contributed by atoms with van der Waals surface area (Å²) in [7, 11) is 1.63. The third-order valence-corrected chi connectivity index (χ3v) is 7.13. The van der Waals surface area contributed by atoms with Crippen LogP contribution in [0.5, 0.6) is 5.75 Å². The van der Waals surface area contributed by atoms with Crippen LogP contribution in [0.25, 0.3) is 11.3 Å². The molecule has 0 radical (unpaired) electrons. The fraction of sp³-hybridized carbons (Fsp3) is 0.583. The number of aromatic nitrogens is 4. The molecular formula is C24H34N8O. The Bertz CT molecular complexity index is 1010. The molecule has 2 N–H and O–H groups in total. The highest BCUT2D eigenvalue weighted by Gasteiger charge is 2.34. The van der Waals surface area contributed by atoms with Crippen LogP contribution >= 0.6 is 0 Å². The van der Waals surface area contributed by atoms with Crippen LogP contribution in [0.4, 0.5) is 0 Å². The third kappa shape index (κ3) is 5.09. The predicted octanol–water partition coefficient (Wildman–Crippen LogP) is 2.43. The number of hydrogen-bond donors (Lipinski definition) is 2. The quantitative estimate of drug-likeness (QED) is 0.638. The summed E-state index contributed by atoms with van der Waals surface area (Å²) < 4.78 is 7.05. The molecule has 9 nitrogen and oxygen atoms in total. The summed E-state index contributed by atoms with van der Waals surface area (Å²) in [5, 5.41) is 17.0. The molecule has 176 valence electrons. The molecule has 9 heteroatoms. The molecule has 2 aromatic rings. The molecule has 0 amide bonds. The Labute approximate surface area is 195 Å². The molecule has 2 atom stereocenters. The number of methoxy groups -OCH3 is 1. The first-order valence-electron chi connectivity index (χ1n) is 12.0. The van der Waals surface area contributed by atoms with Gasteiger partial charge in [0.1, 0.15) is 17.1 Å². The highest BCUT2D eigenvalue weighted by Crippen LogP contribution is 2.27. The summed E-state index contributed by atoms with van der Waals surface area (Å²) in [6.07, 6.45) is 16.3. The molecule has 2 aliphatic heterocycles. The summed E-state index contributed by atoms with van der Waals surface area (Å²) in [5.74, 6) is 1.59. The van der Waals surface area contributed by atoms with Gasteiger partial charge in [0.25, 0.3) is 0 Å². The molecule has 4 heterocycles. The van der Waals surface area contributed by atoms with Gasteiger partial charge in [-0.1, -0.05) is 11.6 Å². The fourth-order valence-electron chi connectivity index (χ4n) is 4.72. The highest BCUT2D eigenvalue weighted by atomic mass is 16.5. The van der Waals surface area contributed by atoms with E-state index in [0.29, 0.717) is 18.3 Å². The maximum absolute atomic E-state index is 5.25. The molecule has 1 saturated heterocycles. The molecule has 1 saturated carbocycles. The lowest BCUT2D eigenvalue weighted by molar-refractivity contribution is 0.0708. The van der Waals surface area contributed by atoms with E-state index in [-0.39, 0.29) is 5.66 Å². The van der Waals surface area contributed by atoms with E-state index in [0.717, 1.165) is 36.0 Å². The standard InChI is InChI=1S/C24H34N8O/c1-24(31-10-4-7-20(15-31)26-12-18-5-3-6-18)9-8-21(27-29-24)16-32-17-23(28-30-32)19-11-22(33-2)14-25-13-19/h8-9,11,13-14,17-18,20,26,29H,3-7,10,12,15-16H2,1-2H3/t20-,24?/m1/s1. The van der Waals surface area contributed by atoms with Crippen molar-refractivity contribution < 1.29 is 4.74 Å². The first-order chi connectivity index (χ1) is 16.1. The summed E-state index contributed by atoms with van der Waals surface area (Å²) in [6.45, 7) is 6.07. The van der Waals surface area contributed by atoms with E-state index in [1.54, 1.807) is 24.2 Å². The molecule has 0 bridgehead atoms. The molecule has 1 unspecified atom stereocenters. The molecule has 33 heavy (non-hydrogen) atoms. The fourth-order valence-corrected chi connectivity index (χ4v) is 4.72. The number of allylic oxidation sites excluding steroid dienone is 1. The van der Waals surface area contributed by atoms with Gasteiger partial charge < -0.3 is 10.1 Å². The van der Waals surface area contributed by atoms with Gasteiger partial charge in [-0.15, -0.1) is 5.10 Å². The van der Waals surface area contributed by atoms with Crippen LogP contribution in [0.1, 0.15) is 39.0 Å². The largest absolute Gasteiger partial charge is 0.495 e. The number of rotatable bonds is 8. The lowest BCUT2D eigenvalue weighted by Crippen LogP contribution is -2.60. The molecule has 0 spiro atoms. The van der Waals surface area contributed by atoms with E-state index in [9.17, 15) is 0 Å². The SMILES string of the molecule is COc1cncc(-c2cn(CC3=NNC(C)(N4CCC[C@@H](NCC5CCC5)C4)C=C3)nn2)c1. The van der Waals surface area contributed by atoms with Crippen LogP contribution in [0.2, 0.25) is 0 Å². The number of piperidine rings is 1. The van der Waals surface area contributed by atoms with Crippen LogP contribution in [0.15, 0.2) is 41.9 Å². The Morgan fingerprint density at radius 3 is 2.91 bits per heavy atom. The van der Waals surface area contributed by atoms with Crippen LogP contribution in [0, 0.1) is 5.92 Å². The normalized spacial score (nSPS) is 25.9. The number of nitrogens with zero attached hydrogens (tertiary/aromatic N) is 6. The number of ether oxygens (including phenoxy) is 1. The molecule has 2 aromatic heterocycles. The lowest BCUT2D eigenvalue weighted by atomic mass is 9.85. The van der Waals surface area contributed by atoms with Crippen molar-refractivity contribution in [2.24, 2.45) is 11.0 Å². The minimum Gasteiger partial charge on any atom is -0.495 e. The summed E-state index contributed by atoms with van der Waals surface area (Å²) in [4.78, 5) is 6.70. The molecule has 1 aliphatic carbocycles. The van der Waals surface area contributed by atoms with Crippen molar-refractivity contribution in [1.29, 1.82) is 0 Å². The van der Waals surface area contributed by atoms with E-state index in [1.165, 1.54) is 38.6 Å². The first kappa shape index (κ1) is 22.0. The Morgan fingerprint density at radius 2 is 2.15 bits per heavy atom. The molecular weight excluding hydrogens is 416 g/mol. The molecule has 5 rings (SSSR count). The average Bonchev–Trinajstić information content (AvgIpc) is 3.28. The number of likely N-dealkylation sites (tertiary alicyclic amines) is 1. The lowest BCUT2D eigenvalue weighted by Gasteiger charge is -2.45. The smallest absolute Gasteiger partial charge is 0.137 e. The van der Waals surface area contributed by atoms with Crippen molar-refractivity contribution in [3.8, 4) is 17.0 Å². The highest BCUT2D eigenvalue weighted by molar-refractivity contribution is 5.95.